The third kappa shape index (κ3) is 4.23. The summed E-state index contributed by atoms with van der Waals surface area (Å²) in [5.74, 6) is -0.718. The first-order valence-electron chi connectivity index (χ1n) is 6.95. The zero-order valence-corrected chi connectivity index (χ0v) is 12.8. The molecule has 0 spiro atoms. The van der Waals surface area contributed by atoms with Gasteiger partial charge in [-0.25, -0.2) is 4.79 Å². The Labute approximate surface area is 133 Å². The first-order valence-corrected chi connectivity index (χ1v) is 6.95. The van der Waals surface area contributed by atoms with Crippen molar-refractivity contribution in [2.24, 2.45) is 0 Å². The van der Waals surface area contributed by atoms with E-state index in [4.69, 9.17) is 9.47 Å². The third-order valence-electron chi connectivity index (χ3n) is 3.10. The number of carbonyl (C=O) groups is 2. The second-order valence-electron chi connectivity index (χ2n) is 4.79. The number of nitrogens with one attached hydrogen (secondary N) is 1. The van der Waals surface area contributed by atoms with E-state index in [1.807, 2.05) is 0 Å². The van der Waals surface area contributed by atoms with Gasteiger partial charge >= 0.3 is 5.97 Å². The van der Waals surface area contributed by atoms with E-state index in [0.717, 1.165) is 0 Å². The quantitative estimate of drug-likeness (QED) is 0.828. The monoisotopic (exact) mass is 315 g/mol. The van der Waals surface area contributed by atoms with Crippen LogP contribution in [-0.4, -0.2) is 30.2 Å². The van der Waals surface area contributed by atoms with Gasteiger partial charge in [-0.1, -0.05) is 18.2 Å². The number of phenols is 1. The lowest BCUT2D eigenvalue weighted by atomic mass is 10.2. The van der Waals surface area contributed by atoms with Crippen LogP contribution in [0.2, 0.25) is 0 Å². The van der Waals surface area contributed by atoms with Crippen molar-refractivity contribution < 1.29 is 24.2 Å². The predicted molar refractivity (Wildman–Crippen MR) is 84.6 cm³/mol. The van der Waals surface area contributed by atoms with Crippen molar-refractivity contribution in [2.75, 3.05) is 12.4 Å². The minimum absolute atomic E-state index is 0.0504. The number of hydrogen-bond donors (Lipinski definition) is 2. The molecule has 0 heterocycles. The Balaban J connectivity index is 2.01. The first kappa shape index (κ1) is 16.4. The fourth-order valence-corrected chi connectivity index (χ4v) is 1.90. The topological polar surface area (TPSA) is 84.9 Å². The summed E-state index contributed by atoms with van der Waals surface area (Å²) in [6.45, 7) is 1.46. The second kappa shape index (κ2) is 7.31. The maximum absolute atomic E-state index is 12.1. The molecule has 6 heteroatoms. The van der Waals surface area contributed by atoms with Crippen LogP contribution in [0.1, 0.15) is 17.3 Å². The SMILES string of the molecule is COc1ccccc1NC(=O)[C@H](C)OC(=O)c1cccc(O)c1. The summed E-state index contributed by atoms with van der Waals surface area (Å²) in [5.41, 5.74) is 0.655. The average molecular weight is 315 g/mol. The number of amides is 1. The van der Waals surface area contributed by atoms with E-state index in [0.29, 0.717) is 11.4 Å². The molecule has 2 rings (SSSR count). The van der Waals surface area contributed by atoms with Crippen molar-refractivity contribution in [1.29, 1.82) is 0 Å². The molecule has 6 nitrogen and oxygen atoms in total. The molecule has 0 saturated heterocycles. The van der Waals surface area contributed by atoms with Crippen LogP contribution in [0.4, 0.5) is 5.69 Å². The molecule has 0 aliphatic carbocycles. The Bertz CT molecular complexity index is 714. The lowest BCUT2D eigenvalue weighted by molar-refractivity contribution is -0.123. The van der Waals surface area contributed by atoms with Crippen LogP contribution in [0.5, 0.6) is 11.5 Å². The Morgan fingerprint density at radius 1 is 1.13 bits per heavy atom. The first-order chi connectivity index (χ1) is 11.0. The number of carbonyl (C=O) groups excluding carboxylic acids is 2. The van der Waals surface area contributed by atoms with Gasteiger partial charge in [0.2, 0.25) is 0 Å². The van der Waals surface area contributed by atoms with Gasteiger partial charge < -0.3 is 19.9 Å². The normalized spacial score (nSPS) is 11.4. The van der Waals surface area contributed by atoms with Crippen molar-refractivity contribution in [3.05, 3.63) is 54.1 Å². The number of esters is 1. The summed E-state index contributed by atoms with van der Waals surface area (Å²) in [6.07, 6.45) is -1.00. The molecule has 0 aliphatic rings. The molecule has 1 amide bonds. The molecule has 120 valence electrons. The summed E-state index contributed by atoms with van der Waals surface area (Å²) in [6, 6.07) is 12.6. The minimum atomic E-state index is -1.00. The smallest absolute Gasteiger partial charge is 0.339 e. The van der Waals surface area contributed by atoms with Crippen LogP contribution in [0, 0.1) is 0 Å². The van der Waals surface area contributed by atoms with Crippen LogP contribution in [0.25, 0.3) is 0 Å². The van der Waals surface area contributed by atoms with Crippen LogP contribution in [0.3, 0.4) is 0 Å². The highest BCUT2D eigenvalue weighted by Crippen LogP contribution is 2.23. The second-order valence-corrected chi connectivity index (χ2v) is 4.79. The number of methoxy groups -OCH3 is 1. The maximum atomic E-state index is 12.1. The van der Waals surface area contributed by atoms with Crippen molar-refractivity contribution in [1.82, 2.24) is 0 Å². The summed E-state index contributed by atoms with van der Waals surface area (Å²) < 4.78 is 10.2. The third-order valence-corrected chi connectivity index (χ3v) is 3.10. The number of anilines is 1. The Hall–Kier alpha value is -3.02. The van der Waals surface area contributed by atoms with Crippen LogP contribution in [-0.2, 0) is 9.53 Å². The lowest BCUT2D eigenvalue weighted by Gasteiger charge is -2.15. The molecular weight excluding hydrogens is 298 g/mol. The van der Waals surface area contributed by atoms with E-state index in [1.54, 1.807) is 24.3 Å². The van der Waals surface area contributed by atoms with Gasteiger partial charge in [0.25, 0.3) is 5.91 Å². The van der Waals surface area contributed by atoms with Crippen molar-refractivity contribution in [2.45, 2.75) is 13.0 Å². The van der Waals surface area contributed by atoms with Crippen molar-refractivity contribution >= 4 is 17.6 Å². The largest absolute Gasteiger partial charge is 0.508 e. The van der Waals surface area contributed by atoms with Gasteiger partial charge in [0.1, 0.15) is 11.5 Å². The summed E-state index contributed by atoms with van der Waals surface area (Å²) >= 11 is 0. The highest BCUT2D eigenvalue weighted by atomic mass is 16.5. The number of phenolic OH excluding ortho intramolecular Hbond substituents is 1. The number of ether oxygens (including phenoxy) is 2. The van der Waals surface area contributed by atoms with E-state index in [2.05, 4.69) is 5.32 Å². The molecule has 2 N–H and O–H groups in total. The van der Waals surface area contributed by atoms with Crippen LogP contribution < -0.4 is 10.1 Å². The zero-order chi connectivity index (χ0) is 16.8. The zero-order valence-electron chi connectivity index (χ0n) is 12.8. The van der Waals surface area contributed by atoms with Crippen LogP contribution >= 0.6 is 0 Å². The van der Waals surface area contributed by atoms with Crippen molar-refractivity contribution in [3.63, 3.8) is 0 Å². The number of benzene rings is 2. The molecule has 2 aromatic rings. The molecule has 23 heavy (non-hydrogen) atoms. The van der Waals surface area contributed by atoms with Gasteiger partial charge in [0, 0.05) is 0 Å². The molecule has 2 aromatic carbocycles. The van der Waals surface area contributed by atoms with Gasteiger partial charge in [-0.3, -0.25) is 4.79 Å². The van der Waals surface area contributed by atoms with Gasteiger partial charge in [-0.15, -0.1) is 0 Å². The van der Waals surface area contributed by atoms with Gasteiger partial charge in [0.05, 0.1) is 18.4 Å². The molecular formula is C17H17NO5. The minimum Gasteiger partial charge on any atom is -0.508 e. The number of aromatic hydroxyl groups is 1. The molecule has 0 aromatic heterocycles. The highest BCUT2D eigenvalue weighted by Gasteiger charge is 2.20. The van der Waals surface area contributed by atoms with Crippen molar-refractivity contribution in [3.8, 4) is 11.5 Å². The van der Waals surface area contributed by atoms with E-state index in [1.165, 1.54) is 38.3 Å². The number of rotatable bonds is 5. The van der Waals surface area contributed by atoms with E-state index >= 15 is 0 Å². The number of hydrogen-bond acceptors (Lipinski definition) is 5. The average Bonchev–Trinajstić information content (AvgIpc) is 2.55. The highest BCUT2D eigenvalue weighted by molar-refractivity contribution is 5.98. The molecule has 0 bridgehead atoms. The maximum Gasteiger partial charge on any atom is 0.339 e. The lowest BCUT2D eigenvalue weighted by Crippen LogP contribution is -2.30. The Morgan fingerprint density at radius 3 is 2.57 bits per heavy atom. The Kier molecular flexibility index (Phi) is 5.19. The molecule has 0 saturated carbocycles. The fraction of sp³-hybridized carbons (Fsp3) is 0.176. The van der Waals surface area contributed by atoms with E-state index in [-0.39, 0.29) is 11.3 Å². The standard InChI is InChI=1S/C17H17NO5/c1-11(23-17(21)12-6-5-7-13(19)10-12)16(20)18-14-8-3-4-9-15(14)22-2/h3-11,19H,1-2H3,(H,18,20)/t11-/m0/s1. The summed E-state index contributed by atoms with van der Waals surface area (Å²) in [5, 5.41) is 12.0. The molecule has 1 atom stereocenters. The molecule has 0 aliphatic heterocycles. The van der Waals surface area contributed by atoms with E-state index < -0.39 is 18.0 Å². The summed E-state index contributed by atoms with van der Waals surface area (Å²) in [7, 11) is 1.50. The molecule has 0 radical (unpaired) electrons. The fourth-order valence-electron chi connectivity index (χ4n) is 1.90. The van der Waals surface area contributed by atoms with Crippen LogP contribution in [0.15, 0.2) is 48.5 Å². The predicted octanol–water partition coefficient (Wildman–Crippen LogP) is 2.58. The number of para-hydroxylation sites is 2. The van der Waals surface area contributed by atoms with Gasteiger partial charge in [-0.05, 0) is 37.3 Å². The molecule has 0 unspecified atom stereocenters. The van der Waals surface area contributed by atoms with E-state index in [9.17, 15) is 14.7 Å². The summed E-state index contributed by atoms with van der Waals surface area (Å²) in [4.78, 5) is 24.1. The van der Waals surface area contributed by atoms with Gasteiger partial charge in [-0.2, -0.15) is 0 Å². The van der Waals surface area contributed by atoms with Gasteiger partial charge in [0.15, 0.2) is 6.10 Å². The molecule has 0 fully saturated rings. The Morgan fingerprint density at radius 2 is 1.87 bits per heavy atom.